The molecule has 1 aliphatic rings. The molecular formula is C15H10ClF3O. The molecule has 2 aromatic rings. The van der Waals surface area contributed by atoms with Crippen LogP contribution in [0.4, 0.5) is 13.2 Å². The molecule has 0 amide bonds. The Bertz CT molecular complexity index is 692. The molecule has 20 heavy (non-hydrogen) atoms. The molecule has 0 saturated heterocycles. The van der Waals surface area contributed by atoms with Gasteiger partial charge in [-0.3, -0.25) is 0 Å². The zero-order chi connectivity index (χ0) is 14.5. The lowest BCUT2D eigenvalue weighted by Crippen LogP contribution is -2.08. The van der Waals surface area contributed by atoms with Crippen LogP contribution in [0.15, 0.2) is 30.3 Å². The average Bonchev–Trinajstić information content (AvgIpc) is 2.78. The minimum atomic E-state index is -4.59. The zero-order valence-corrected chi connectivity index (χ0v) is 11.0. The van der Waals surface area contributed by atoms with E-state index in [1.165, 1.54) is 0 Å². The van der Waals surface area contributed by atoms with Crippen LogP contribution in [-0.2, 0) is 18.5 Å². The number of aromatic hydroxyl groups is 1. The maximum absolute atomic E-state index is 13.0. The predicted molar refractivity (Wildman–Crippen MR) is 70.9 cm³/mol. The Morgan fingerprint density at radius 2 is 1.90 bits per heavy atom. The second kappa shape index (κ2) is 4.42. The molecule has 3 rings (SSSR count). The summed E-state index contributed by atoms with van der Waals surface area (Å²) in [7, 11) is 0. The lowest BCUT2D eigenvalue weighted by molar-refractivity contribution is -0.138. The number of phenols is 1. The molecule has 0 heterocycles. The number of fused-ring (bicyclic) bond motifs is 3. The molecular weight excluding hydrogens is 289 g/mol. The molecule has 0 atom stereocenters. The third-order valence-electron chi connectivity index (χ3n) is 3.59. The fourth-order valence-corrected chi connectivity index (χ4v) is 2.94. The van der Waals surface area contributed by atoms with Crippen molar-refractivity contribution in [2.75, 3.05) is 0 Å². The summed E-state index contributed by atoms with van der Waals surface area (Å²) in [4.78, 5) is 0. The van der Waals surface area contributed by atoms with Gasteiger partial charge in [-0.05, 0) is 28.3 Å². The summed E-state index contributed by atoms with van der Waals surface area (Å²) in [6.07, 6.45) is -4.29. The van der Waals surface area contributed by atoms with Gasteiger partial charge in [-0.15, -0.1) is 11.6 Å². The molecule has 2 aromatic carbocycles. The molecule has 1 aliphatic carbocycles. The van der Waals surface area contributed by atoms with Gasteiger partial charge in [-0.1, -0.05) is 24.3 Å². The minimum Gasteiger partial charge on any atom is -0.507 e. The molecule has 0 aliphatic heterocycles. The van der Waals surface area contributed by atoms with Crippen LogP contribution >= 0.6 is 11.6 Å². The van der Waals surface area contributed by atoms with Gasteiger partial charge in [-0.25, -0.2) is 0 Å². The average molecular weight is 299 g/mol. The van der Waals surface area contributed by atoms with Crippen molar-refractivity contribution in [1.29, 1.82) is 0 Å². The zero-order valence-electron chi connectivity index (χ0n) is 10.3. The van der Waals surface area contributed by atoms with E-state index in [0.29, 0.717) is 23.1 Å². The number of benzene rings is 2. The van der Waals surface area contributed by atoms with Crippen molar-refractivity contribution < 1.29 is 18.3 Å². The first-order valence-electron chi connectivity index (χ1n) is 6.02. The monoisotopic (exact) mass is 298 g/mol. The Kier molecular flexibility index (Phi) is 2.94. The van der Waals surface area contributed by atoms with Crippen molar-refractivity contribution in [3.8, 4) is 16.9 Å². The van der Waals surface area contributed by atoms with Gasteiger partial charge in [0.1, 0.15) is 5.75 Å². The highest BCUT2D eigenvalue weighted by Gasteiger charge is 2.38. The summed E-state index contributed by atoms with van der Waals surface area (Å²) in [5.41, 5.74) is 2.10. The van der Waals surface area contributed by atoms with E-state index in [9.17, 15) is 18.3 Å². The summed E-state index contributed by atoms with van der Waals surface area (Å²) in [6, 6.07) is 8.28. The minimum absolute atomic E-state index is 0.0278. The predicted octanol–water partition coefficient (Wildman–Crippen LogP) is 4.72. The van der Waals surface area contributed by atoms with Gasteiger partial charge in [0, 0.05) is 17.9 Å². The highest BCUT2D eigenvalue weighted by Crippen LogP contribution is 2.48. The standard InChI is InChI=1S/C15H10ClF3O/c16-7-9-6-12(15(17,18)19)14(20)11-5-8-3-1-2-4-10(8)13(9)11/h1-4,6,20H,5,7H2. The highest BCUT2D eigenvalue weighted by molar-refractivity contribution is 6.17. The lowest BCUT2D eigenvalue weighted by Gasteiger charge is -2.15. The van der Waals surface area contributed by atoms with Crippen LogP contribution in [0.5, 0.6) is 5.75 Å². The third kappa shape index (κ3) is 1.86. The topological polar surface area (TPSA) is 20.2 Å². The number of hydrogen-bond acceptors (Lipinski definition) is 1. The van der Waals surface area contributed by atoms with Gasteiger partial charge in [0.2, 0.25) is 0 Å². The maximum atomic E-state index is 13.0. The van der Waals surface area contributed by atoms with Crippen LogP contribution in [0, 0.1) is 0 Å². The molecule has 0 bridgehead atoms. The van der Waals surface area contributed by atoms with Gasteiger partial charge in [0.05, 0.1) is 5.56 Å². The molecule has 1 N–H and O–H groups in total. The van der Waals surface area contributed by atoms with Crippen LogP contribution < -0.4 is 0 Å². The van der Waals surface area contributed by atoms with Crippen LogP contribution in [-0.4, -0.2) is 5.11 Å². The van der Waals surface area contributed by atoms with Gasteiger partial charge in [-0.2, -0.15) is 13.2 Å². The Labute approximate surface area is 118 Å². The van der Waals surface area contributed by atoms with E-state index < -0.39 is 17.5 Å². The van der Waals surface area contributed by atoms with Crippen molar-refractivity contribution in [2.45, 2.75) is 18.5 Å². The first-order chi connectivity index (χ1) is 9.43. The van der Waals surface area contributed by atoms with Crippen LogP contribution in [0.3, 0.4) is 0 Å². The van der Waals surface area contributed by atoms with Gasteiger partial charge in [0.15, 0.2) is 0 Å². The fraction of sp³-hybridized carbons (Fsp3) is 0.200. The van der Waals surface area contributed by atoms with Gasteiger partial charge < -0.3 is 5.11 Å². The third-order valence-corrected chi connectivity index (χ3v) is 3.87. The number of alkyl halides is 4. The smallest absolute Gasteiger partial charge is 0.419 e. The Morgan fingerprint density at radius 1 is 1.20 bits per heavy atom. The van der Waals surface area contributed by atoms with E-state index in [1.54, 1.807) is 0 Å². The largest absolute Gasteiger partial charge is 0.507 e. The molecule has 0 unspecified atom stereocenters. The SMILES string of the molecule is Oc1c(C(F)(F)F)cc(CCl)c2c1Cc1ccccc1-2. The second-order valence-corrected chi connectivity index (χ2v) is 5.02. The molecule has 5 heteroatoms. The summed E-state index contributed by atoms with van der Waals surface area (Å²) in [6.45, 7) is 0. The lowest BCUT2D eigenvalue weighted by atomic mass is 9.96. The highest BCUT2D eigenvalue weighted by atomic mass is 35.5. The van der Waals surface area contributed by atoms with Crippen molar-refractivity contribution in [3.05, 3.63) is 52.6 Å². The summed E-state index contributed by atoms with van der Waals surface area (Å²) >= 11 is 5.80. The van der Waals surface area contributed by atoms with Crippen molar-refractivity contribution in [3.63, 3.8) is 0 Å². The quantitative estimate of drug-likeness (QED) is 0.644. The van der Waals surface area contributed by atoms with Crippen LogP contribution in [0.2, 0.25) is 0 Å². The summed E-state index contributed by atoms with van der Waals surface area (Å²) < 4.78 is 38.9. The Balaban J connectivity index is 2.32. The maximum Gasteiger partial charge on any atom is 0.419 e. The van der Waals surface area contributed by atoms with Gasteiger partial charge >= 0.3 is 6.18 Å². The Morgan fingerprint density at radius 3 is 2.55 bits per heavy atom. The van der Waals surface area contributed by atoms with E-state index >= 15 is 0 Å². The van der Waals surface area contributed by atoms with E-state index in [0.717, 1.165) is 17.2 Å². The van der Waals surface area contributed by atoms with Crippen molar-refractivity contribution >= 4 is 11.6 Å². The molecule has 104 valence electrons. The Hall–Kier alpha value is -1.68. The number of halogens is 4. The van der Waals surface area contributed by atoms with Crippen molar-refractivity contribution in [2.24, 2.45) is 0 Å². The molecule has 0 aromatic heterocycles. The van der Waals surface area contributed by atoms with Crippen LogP contribution in [0.1, 0.15) is 22.3 Å². The number of rotatable bonds is 1. The molecule has 0 spiro atoms. The van der Waals surface area contributed by atoms with Crippen LogP contribution in [0.25, 0.3) is 11.1 Å². The van der Waals surface area contributed by atoms with Crippen molar-refractivity contribution in [1.82, 2.24) is 0 Å². The molecule has 0 saturated carbocycles. The normalized spacial score (nSPS) is 13.2. The second-order valence-electron chi connectivity index (χ2n) is 4.75. The van der Waals surface area contributed by atoms with E-state index in [2.05, 4.69) is 0 Å². The van der Waals surface area contributed by atoms with E-state index in [1.807, 2.05) is 24.3 Å². The molecule has 0 fully saturated rings. The fourth-order valence-electron chi connectivity index (χ4n) is 2.73. The molecule has 1 nitrogen and oxygen atoms in total. The number of phenolic OH excluding ortho intramolecular Hbond substituents is 1. The summed E-state index contributed by atoms with van der Waals surface area (Å²) in [5, 5.41) is 9.97. The number of hydrogen-bond donors (Lipinski definition) is 1. The first kappa shape index (κ1) is 13.3. The van der Waals surface area contributed by atoms with Gasteiger partial charge in [0.25, 0.3) is 0 Å². The van der Waals surface area contributed by atoms with E-state index in [-0.39, 0.29) is 5.88 Å². The first-order valence-corrected chi connectivity index (χ1v) is 6.56. The van der Waals surface area contributed by atoms with E-state index in [4.69, 9.17) is 11.6 Å². The summed E-state index contributed by atoms with van der Waals surface area (Å²) in [5.74, 6) is -0.711. The molecule has 0 radical (unpaired) electrons.